The van der Waals surface area contributed by atoms with Crippen molar-refractivity contribution in [1.29, 1.82) is 0 Å². The molecule has 0 atom stereocenters. The quantitative estimate of drug-likeness (QED) is 0.117. The minimum atomic E-state index is -0.207. The number of aliphatic hydroxyl groups excluding tert-OH is 1. The van der Waals surface area contributed by atoms with E-state index in [9.17, 15) is 4.79 Å². The number of rotatable bonds is 2. The number of carbonyl (C=O) groups is 1. The van der Waals surface area contributed by atoms with Gasteiger partial charge in [-0.05, 0) is 48.6 Å². The monoisotopic (exact) mass is 669 g/mol. The number of ketones is 1. The normalized spacial score (nSPS) is 13.8. The van der Waals surface area contributed by atoms with Gasteiger partial charge in [0.15, 0.2) is 5.78 Å². The summed E-state index contributed by atoms with van der Waals surface area (Å²) < 4.78 is 6.19. The van der Waals surface area contributed by atoms with Crippen LogP contribution in [0.5, 0.6) is 0 Å². The molecule has 0 unspecified atom stereocenters. The van der Waals surface area contributed by atoms with Crippen LogP contribution in [0.15, 0.2) is 71.0 Å². The molecule has 5 heteroatoms. The molecule has 37 heavy (non-hydrogen) atoms. The zero-order valence-corrected chi connectivity index (χ0v) is 24.3. The third-order valence-corrected chi connectivity index (χ3v) is 6.99. The molecule has 5 aromatic rings. The van der Waals surface area contributed by atoms with Gasteiger partial charge in [-0.25, -0.2) is 0 Å². The molecular weight excluding hydrogens is 639 g/mol. The van der Waals surface area contributed by atoms with Crippen LogP contribution in [0.25, 0.3) is 44.0 Å². The molecule has 0 saturated carbocycles. The largest absolute Gasteiger partial charge is 0.512 e. The number of nitrogens with zero attached hydrogens (tertiary/aromatic N) is 1. The van der Waals surface area contributed by atoms with Crippen LogP contribution in [0.4, 0.5) is 0 Å². The number of carbonyl (C=O) groups excluding carboxylic acids is 1. The second kappa shape index (κ2) is 9.89. The number of aliphatic hydroxyl groups is 1. The molecule has 0 aliphatic heterocycles. The summed E-state index contributed by atoms with van der Waals surface area (Å²) in [5.74, 6) is 0.440. The fourth-order valence-electron chi connectivity index (χ4n) is 5.38. The number of benzene rings is 3. The van der Waals surface area contributed by atoms with E-state index in [2.05, 4.69) is 76.2 Å². The molecule has 1 aliphatic rings. The van der Waals surface area contributed by atoms with E-state index < -0.39 is 0 Å². The SMILES string of the molecule is CC(=O)/C=C(/C)O.CC(C)c1ccc2c3c([c-]cc2c1)-c1nccc2oc4cccc(c4c12)C3(C)C.[Ir]. The Kier molecular flexibility index (Phi) is 7.16. The van der Waals surface area contributed by atoms with Crippen LogP contribution in [0, 0.1) is 6.07 Å². The average Bonchev–Trinajstić information content (AvgIpc) is 3.17. The van der Waals surface area contributed by atoms with Gasteiger partial charge in [0, 0.05) is 43.2 Å². The molecule has 0 amide bonds. The van der Waals surface area contributed by atoms with E-state index in [1.807, 2.05) is 12.3 Å². The maximum absolute atomic E-state index is 10.0. The van der Waals surface area contributed by atoms with Gasteiger partial charge < -0.3 is 14.5 Å². The first kappa shape index (κ1) is 26.8. The van der Waals surface area contributed by atoms with E-state index in [-0.39, 0.29) is 37.1 Å². The number of hydrogen-bond acceptors (Lipinski definition) is 4. The van der Waals surface area contributed by atoms with E-state index in [4.69, 9.17) is 14.5 Å². The summed E-state index contributed by atoms with van der Waals surface area (Å²) in [6, 6.07) is 21.0. The molecule has 2 heterocycles. The molecule has 1 N–H and O–H groups in total. The average molecular weight is 669 g/mol. The molecule has 0 bridgehead atoms. The predicted octanol–water partition coefficient (Wildman–Crippen LogP) is 8.40. The summed E-state index contributed by atoms with van der Waals surface area (Å²) in [4.78, 5) is 14.8. The summed E-state index contributed by atoms with van der Waals surface area (Å²) in [6.45, 7) is 12.0. The van der Waals surface area contributed by atoms with Crippen molar-refractivity contribution in [2.24, 2.45) is 0 Å². The third kappa shape index (κ3) is 4.52. The number of allylic oxidation sites excluding steroid dienone is 2. The Balaban J connectivity index is 0.000000356. The molecule has 1 aliphatic carbocycles. The van der Waals surface area contributed by atoms with Gasteiger partial charge >= 0.3 is 0 Å². The summed E-state index contributed by atoms with van der Waals surface area (Å²) in [5.41, 5.74) is 7.62. The first-order valence-electron chi connectivity index (χ1n) is 12.3. The van der Waals surface area contributed by atoms with Gasteiger partial charge in [0.2, 0.25) is 0 Å². The topological polar surface area (TPSA) is 63.3 Å². The van der Waals surface area contributed by atoms with E-state index in [1.54, 1.807) is 0 Å². The maximum atomic E-state index is 10.0. The first-order valence-corrected chi connectivity index (χ1v) is 12.3. The Morgan fingerprint density at radius 2 is 1.81 bits per heavy atom. The van der Waals surface area contributed by atoms with Crippen LogP contribution in [0.2, 0.25) is 0 Å². The zero-order chi connectivity index (χ0) is 25.8. The predicted molar refractivity (Wildman–Crippen MR) is 147 cm³/mol. The molecule has 191 valence electrons. The van der Waals surface area contributed by atoms with Crippen molar-refractivity contribution in [2.45, 2.75) is 52.9 Å². The van der Waals surface area contributed by atoms with E-state index in [0.717, 1.165) is 27.8 Å². The molecule has 6 rings (SSSR count). The van der Waals surface area contributed by atoms with Crippen molar-refractivity contribution < 1.29 is 34.4 Å². The molecule has 2 aromatic heterocycles. The van der Waals surface area contributed by atoms with Gasteiger partial charge in [-0.15, -0.1) is 23.3 Å². The van der Waals surface area contributed by atoms with Gasteiger partial charge in [0.05, 0.1) is 5.76 Å². The molecule has 0 fully saturated rings. The standard InChI is InChI=1S/C27H22NO.C5H8O2.Ir/c1-15(2)16-8-10-18-17(14-16)9-11-19-25(18)27(3,4)20-6-5-7-21-23(20)24-22(29-21)12-13-28-26(19)24;1-4(6)3-5(2)7;/h5-10,12-15H,1-4H3;3,6H,1-2H3;/q-1;;/b;4-3-;. The molecule has 0 saturated heterocycles. The summed E-state index contributed by atoms with van der Waals surface area (Å²) in [7, 11) is 0. The van der Waals surface area contributed by atoms with E-state index in [0.29, 0.717) is 5.92 Å². The summed E-state index contributed by atoms with van der Waals surface area (Å²) >= 11 is 0. The Hall–Kier alpha value is -3.27. The molecule has 0 spiro atoms. The third-order valence-electron chi connectivity index (χ3n) is 6.99. The second-order valence-corrected chi connectivity index (χ2v) is 10.4. The van der Waals surface area contributed by atoms with Gasteiger partial charge in [-0.2, -0.15) is 0 Å². The number of aromatic nitrogens is 1. The number of furan rings is 1. The second-order valence-electron chi connectivity index (χ2n) is 10.4. The first-order chi connectivity index (χ1) is 17.1. The summed E-state index contributed by atoms with van der Waals surface area (Å²) in [6.07, 6.45) is 3.02. The van der Waals surface area contributed by atoms with Crippen LogP contribution in [0.3, 0.4) is 0 Å². The fraction of sp³-hybridized carbons (Fsp3) is 0.250. The van der Waals surface area contributed by atoms with Crippen LogP contribution >= 0.6 is 0 Å². The Bertz CT molecular complexity index is 1690. The molecule has 1 radical (unpaired) electrons. The minimum Gasteiger partial charge on any atom is -0.512 e. The Morgan fingerprint density at radius 1 is 1.08 bits per heavy atom. The number of hydrogen-bond donors (Lipinski definition) is 1. The van der Waals surface area contributed by atoms with E-state index >= 15 is 0 Å². The van der Waals surface area contributed by atoms with Crippen LogP contribution < -0.4 is 0 Å². The van der Waals surface area contributed by atoms with E-state index in [1.165, 1.54) is 52.8 Å². The molecule has 4 nitrogen and oxygen atoms in total. The van der Waals surface area contributed by atoms with Crippen LogP contribution in [0.1, 0.15) is 64.2 Å². The molecule has 3 aromatic carbocycles. The van der Waals surface area contributed by atoms with Gasteiger partial charge in [-0.1, -0.05) is 74.4 Å². The number of fused-ring (bicyclic) bond motifs is 4. The molecular formula is C32H30IrNO3-. The van der Waals surface area contributed by atoms with Crippen LogP contribution in [-0.4, -0.2) is 15.9 Å². The van der Waals surface area contributed by atoms with Crippen molar-refractivity contribution in [3.8, 4) is 11.3 Å². The fourth-order valence-corrected chi connectivity index (χ4v) is 5.38. The van der Waals surface area contributed by atoms with Crippen molar-refractivity contribution >= 4 is 38.5 Å². The van der Waals surface area contributed by atoms with Crippen molar-refractivity contribution in [3.63, 3.8) is 0 Å². The number of pyridine rings is 1. The Labute approximate surface area is 230 Å². The van der Waals surface area contributed by atoms with Gasteiger partial charge in [-0.3, -0.25) is 4.79 Å². The minimum absolute atomic E-state index is 0. The van der Waals surface area contributed by atoms with Crippen molar-refractivity contribution in [3.05, 3.63) is 89.3 Å². The maximum Gasteiger partial charge on any atom is 0.155 e. The van der Waals surface area contributed by atoms with Gasteiger partial charge in [0.25, 0.3) is 0 Å². The zero-order valence-electron chi connectivity index (χ0n) is 21.9. The smallest absolute Gasteiger partial charge is 0.155 e. The van der Waals surface area contributed by atoms with Crippen molar-refractivity contribution in [2.75, 3.05) is 0 Å². The summed E-state index contributed by atoms with van der Waals surface area (Å²) in [5, 5.41) is 13.2. The van der Waals surface area contributed by atoms with Crippen LogP contribution in [-0.2, 0) is 30.3 Å². The van der Waals surface area contributed by atoms with Crippen molar-refractivity contribution in [1.82, 2.24) is 4.98 Å². The Morgan fingerprint density at radius 3 is 2.46 bits per heavy atom. The van der Waals surface area contributed by atoms with Gasteiger partial charge in [0.1, 0.15) is 11.2 Å².